The van der Waals surface area contributed by atoms with Gasteiger partial charge in [-0.2, -0.15) is 0 Å². The zero-order valence-electron chi connectivity index (χ0n) is 26.4. The standard InChI is InChI=1S/C34H40O10/c1-20-14-28-30(29(21(20)2)33(37)41-13-12-40-11-10-34(3,4)5)32(36)25(17-42-28)23-9-8-22-15-26(43-18-38-6)27(44-19-39-7)16-24(22)31(23)35/h9,14-17H,8,10-13,18-19H2,1-7H3. The van der Waals surface area contributed by atoms with E-state index in [9.17, 15) is 14.4 Å². The fraction of sp³-hybridized carbons (Fsp3) is 0.441. The number of carbonyl (C=O) groups excluding carboxylic acids is 2. The lowest BCUT2D eigenvalue weighted by Crippen LogP contribution is -2.21. The minimum absolute atomic E-state index is 0.0107. The van der Waals surface area contributed by atoms with E-state index in [2.05, 4.69) is 20.8 Å². The Kier molecular flexibility index (Phi) is 10.6. The molecule has 1 aliphatic carbocycles. The second-order valence-electron chi connectivity index (χ2n) is 11.8. The van der Waals surface area contributed by atoms with Crippen molar-refractivity contribution in [2.75, 3.05) is 47.6 Å². The number of carbonyl (C=O) groups is 2. The zero-order valence-corrected chi connectivity index (χ0v) is 26.4. The summed E-state index contributed by atoms with van der Waals surface area (Å²) in [6.07, 6.45) is 4.16. The lowest BCUT2D eigenvalue weighted by molar-refractivity contribution is 0.0282. The largest absolute Gasteiger partial charge is 0.464 e. The van der Waals surface area contributed by atoms with Crippen LogP contribution in [0.2, 0.25) is 0 Å². The van der Waals surface area contributed by atoms with Gasteiger partial charge in [-0.05, 0) is 67.0 Å². The predicted octanol–water partition coefficient (Wildman–Crippen LogP) is 5.81. The van der Waals surface area contributed by atoms with Crippen LogP contribution in [0.5, 0.6) is 11.5 Å². The SMILES string of the molecule is COCOc1cc2c(cc1OCOC)C(=O)C(c1coc3cc(C)c(C)c(C(=O)OCCOCCC(C)(C)C)c3c1=O)=CC2. The van der Waals surface area contributed by atoms with E-state index < -0.39 is 11.4 Å². The van der Waals surface area contributed by atoms with Gasteiger partial charge in [0.1, 0.15) is 18.5 Å². The number of esters is 1. The lowest BCUT2D eigenvalue weighted by atomic mass is 9.86. The Morgan fingerprint density at radius 1 is 0.909 bits per heavy atom. The van der Waals surface area contributed by atoms with E-state index in [0.29, 0.717) is 41.2 Å². The fourth-order valence-corrected chi connectivity index (χ4v) is 4.84. The molecule has 0 atom stereocenters. The highest BCUT2D eigenvalue weighted by Gasteiger charge is 2.29. The average Bonchev–Trinajstić information content (AvgIpc) is 2.98. The van der Waals surface area contributed by atoms with Crippen LogP contribution in [0.3, 0.4) is 0 Å². The summed E-state index contributed by atoms with van der Waals surface area (Å²) in [6, 6.07) is 4.98. The van der Waals surface area contributed by atoms with E-state index >= 15 is 0 Å². The van der Waals surface area contributed by atoms with E-state index in [1.165, 1.54) is 20.5 Å². The third kappa shape index (κ3) is 7.38. The quantitative estimate of drug-likeness (QED) is 0.134. The van der Waals surface area contributed by atoms with Gasteiger partial charge in [-0.3, -0.25) is 9.59 Å². The minimum Gasteiger partial charge on any atom is -0.464 e. The molecule has 0 radical (unpaired) electrons. The van der Waals surface area contributed by atoms with Gasteiger partial charge < -0.3 is 32.8 Å². The maximum Gasteiger partial charge on any atom is 0.339 e. The van der Waals surface area contributed by atoms with Gasteiger partial charge in [-0.15, -0.1) is 0 Å². The van der Waals surface area contributed by atoms with Gasteiger partial charge in [0.05, 0.1) is 23.1 Å². The molecule has 0 unspecified atom stereocenters. The number of aryl methyl sites for hydroxylation is 1. The first kappa shape index (κ1) is 32.9. The number of allylic oxidation sites excluding steroid dienone is 2. The molecule has 10 nitrogen and oxygen atoms in total. The van der Waals surface area contributed by atoms with Crippen LogP contribution in [-0.4, -0.2) is 59.4 Å². The van der Waals surface area contributed by atoms with Crippen molar-refractivity contribution in [1.29, 1.82) is 0 Å². The number of fused-ring (bicyclic) bond motifs is 2. The molecule has 236 valence electrons. The Morgan fingerprint density at radius 2 is 1.59 bits per heavy atom. The predicted molar refractivity (Wildman–Crippen MR) is 165 cm³/mol. The number of methoxy groups -OCH3 is 2. The van der Waals surface area contributed by atoms with Gasteiger partial charge in [-0.25, -0.2) is 4.79 Å². The van der Waals surface area contributed by atoms with Crippen molar-refractivity contribution in [2.45, 2.75) is 47.5 Å². The minimum atomic E-state index is -0.655. The van der Waals surface area contributed by atoms with Gasteiger partial charge >= 0.3 is 5.97 Å². The van der Waals surface area contributed by atoms with Crippen molar-refractivity contribution in [3.05, 3.63) is 74.1 Å². The Balaban J connectivity index is 1.66. The maximum atomic E-state index is 14.0. The Morgan fingerprint density at radius 3 is 2.25 bits per heavy atom. The molecular weight excluding hydrogens is 568 g/mol. The van der Waals surface area contributed by atoms with E-state index in [-0.39, 0.29) is 65.7 Å². The van der Waals surface area contributed by atoms with Crippen molar-refractivity contribution in [1.82, 2.24) is 0 Å². The molecule has 0 fully saturated rings. The van der Waals surface area contributed by atoms with Crippen LogP contribution in [0.25, 0.3) is 16.5 Å². The first-order valence-electron chi connectivity index (χ1n) is 14.4. The van der Waals surface area contributed by atoms with Crippen molar-refractivity contribution >= 4 is 28.3 Å². The van der Waals surface area contributed by atoms with E-state index in [0.717, 1.165) is 12.0 Å². The van der Waals surface area contributed by atoms with Crippen LogP contribution in [0.4, 0.5) is 0 Å². The smallest absolute Gasteiger partial charge is 0.339 e. The molecule has 44 heavy (non-hydrogen) atoms. The molecular formula is C34H40O10. The number of Topliss-reactive ketones (excluding diaryl/α,β-unsaturated/α-hetero) is 1. The van der Waals surface area contributed by atoms with Crippen LogP contribution >= 0.6 is 0 Å². The van der Waals surface area contributed by atoms with Gasteiger partial charge in [0, 0.05) is 32.0 Å². The summed E-state index contributed by atoms with van der Waals surface area (Å²) in [4.78, 5) is 41.1. The highest BCUT2D eigenvalue weighted by atomic mass is 16.7. The third-order valence-electron chi connectivity index (χ3n) is 7.39. The number of ketones is 1. The van der Waals surface area contributed by atoms with Crippen molar-refractivity contribution < 1.29 is 42.4 Å². The van der Waals surface area contributed by atoms with Crippen molar-refractivity contribution in [2.24, 2.45) is 5.41 Å². The highest BCUT2D eigenvalue weighted by Crippen LogP contribution is 2.37. The van der Waals surface area contributed by atoms with E-state index in [4.69, 9.17) is 32.8 Å². The van der Waals surface area contributed by atoms with Gasteiger partial charge in [0.15, 0.2) is 30.9 Å². The molecule has 1 aliphatic rings. The molecule has 0 bridgehead atoms. The molecule has 0 saturated heterocycles. The average molecular weight is 609 g/mol. The summed E-state index contributed by atoms with van der Waals surface area (Å²) in [5.41, 5.74) is 2.61. The molecule has 4 rings (SSSR count). The summed E-state index contributed by atoms with van der Waals surface area (Å²) < 4.78 is 38.3. The van der Waals surface area contributed by atoms with Crippen LogP contribution in [0.1, 0.15) is 70.2 Å². The zero-order chi connectivity index (χ0) is 32.0. The Hall–Kier alpha value is -3.99. The molecule has 0 saturated carbocycles. The van der Waals surface area contributed by atoms with Gasteiger partial charge in [0.25, 0.3) is 0 Å². The van der Waals surface area contributed by atoms with Crippen LogP contribution in [-0.2, 0) is 25.4 Å². The Bertz CT molecular complexity index is 1620. The molecule has 1 heterocycles. The van der Waals surface area contributed by atoms with Crippen LogP contribution in [0, 0.1) is 19.3 Å². The van der Waals surface area contributed by atoms with Gasteiger partial charge in [0.2, 0.25) is 5.43 Å². The molecule has 1 aromatic heterocycles. The fourth-order valence-electron chi connectivity index (χ4n) is 4.84. The summed E-state index contributed by atoms with van der Waals surface area (Å²) in [7, 11) is 2.98. The maximum absolute atomic E-state index is 14.0. The third-order valence-corrected chi connectivity index (χ3v) is 7.39. The summed E-state index contributed by atoms with van der Waals surface area (Å²) >= 11 is 0. The van der Waals surface area contributed by atoms with Gasteiger partial charge in [-0.1, -0.05) is 26.8 Å². The molecule has 2 aromatic carbocycles. The molecule has 3 aromatic rings. The summed E-state index contributed by atoms with van der Waals surface area (Å²) in [5.74, 6) is -0.357. The second kappa shape index (κ2) is 14.2. The highest BCUT2D eigenvalue weighted by molar-refractivity contribution is 6.30. The summed E-state index contributed by atoms with van der Waals surface area (Å²) in [6.45, 7) is 10.7. The Labute approximate surface area is 256 Å². The topological polar surface area (TPSA) is 120 Å². The molecule has 0 spiro atoms. The number of hydrogen-bond acceptors (Lipinski definition) is 10. The first-order valence-corrected chi connectivity index (χ1v) is 14.4. The van der Waals surface area contributed by atoms with Crippen molar-refractivity contribution in [3.63, 3.8) is 0 Å². The lowest BCUT2D eigenvalue weighted by Gasteiger charge is -2.20. The molecule has 0 amide bonds. The van der Waals surface area contributed by atoms with E-state index in [1.54, 1.807) is 31.2 Å². The van der Waals surface area contributed by atoms with Crippen LogP contribution < -0.4 is 14.9 Å². The number of rotatable bonds is 13. The molecule has 10 heteroatoms. The van der Waals surface area contributed by atoms with E-state index in [1.807, 2.05) is 6.92 Å². The van der Waals surface area contributed by atoms with Crippen molar-refractivity contribution in [3.8, 4) is 11.5 Å². The number of ether oxygens (including phenoxy) is 6. The molecule has 0 aliphatic heterocycles. The normalized spacial score (nSPS) is 13.1. The second-order valence-corrected chi connectivity index (χ2v) is 11.8. The number of hydrogen-bond donors (Lipinski definition) is 0. The van der Waals surface area contributed by atoms with Crippen LogP contribution in [0.15, 0.2) is 39.7 Å². The monoisotopic (exact) mass is 608 g/mol. The summed E-state index contributed by atoms with van der Waals surface area (Å²) in [5, 5.41) is 0.0659. The number of benzene rings is 2. The molecule has 0 N–H and O–H groups in total. The first-order chi connectivity index (χ1) is 21.0.